The fraction of sp³-hybridized carbons (Fsp3) is 0.250. The predicted molar refractivity (Wildman–Crippen MR) is 134 cm³/mol. The molecule has 0 spiro atoms. The normalized spacial score (nSPS) is 15.1. The Morgan fingerprint density at radius 1 is 1.00 bits per heavy atom. The first-order valence-corrected chi connectivity index (χ1v) is 11.6. The van der Waals surface area contributed by atoms with Crippen molar-refractivity contribution in [1.82, 2.24) is 10.2 Å². The van der Waals surface area contributed by atoms with E-state index in [2.05, 4.69) is 10.6 Å². The number of amides is 3. The minimum absolute atomic E-state index is 0.0302. The van der Waals surface area contributed by atoms with Gasteiger partial charge in [0.15, 0.2) is 0 Å². The molecule has 1 atom stereocenters. The summed E-state index contributed by atoms with van der Waals surface area (Å²) >= 11 is 0. The van der Waals surface area contributed by atoms with Gasteiger partial charge >= 0.3 is 0 Å². The highest BCUT2D eigenvalue weighted by Crippen LogP contribution is 2.22. The molecule has 4 rings (SSSR count). The summed E-state index contributed by atoms with van der Waals surface area (Å²) in [4.78, 5) is 39.6. The minimum Gasteiger partial charge on any atom is -0.497 e. The third-order valence-corrected chi connectivity index (χ3v) is 6.08. The van der Waals surface area contributed by atoms with E-state index in [1.54, 1.807) is 36.3 Å². The van der Waals surface area contributed by atoms with E-state index in [0.717, 1.165) is 22.4 Å². The molecule has 0 aliphatic carbocycles. The van der Waals surface area contributed by atoms with Crippen LogP contribution in [-0.2, 0) is 22.7 Å². The minimum atomic E-state index is -0.430. The first-order valence-electron chi connectivity index (χ1n) is 11.6. The van der Waals surface area contributed by atoms with Gasteiger partial charge in [0.1, 0.15) is 5.75 Å². The second kappa shape index (κ2) is 10.9. The van der Waals surface area contributed by atoms with Crippen LogP contribution in [-0.4, -0.2) is 36.3 Å². The predicted octanol–water partition coefficient (Wildman–Crippen LogP) is 3.92. The molecular formula is C28H29N3O4. The van der Waals surface area contributed by atoms with Crippen LogP contribution >= 0.6 is 0 Å². The monoisotopic (exact) mass is 471 g/mol. The van der Waals surface area contributed by atoms with E-state index in [1.807, 2.05) is 55.5 Å². The quantitative estimate of drug-likeness (QED) is 0.521. The van der Waals surface area contributed by atoms with Crippen molar-refractivity contribution in [2.45, 2.75) is 26.4 Å². The summed E-state index contributed by atoms with van der Waals surface area (Å²) in [6.45, 7) is 3.26. The zero-order chi connectivity index (χ0) is 24.8. The van der Waals surface area contributed by atoms with Crippen molar-refractivity contribution in [3.05, 3.63) is 95.1 Å². The molecule has 1 heterocycles. The van der Waals surface area contributed by atoms with E-state index in [4.69, 9.17) is 4.74 Å². The van der Waals surface area contributed by atoms with Crippen LogP contribution in [0.5, 0.6) is 5.75 Å². The van der Waals surface area contributed by atoms with Crippen LogP contribution in [0, 0.1) is 12.8 Å². The Morgan fingerprint density at radius 2 is 1.71 bits per heavy atom. The van der Waals surface area contributed by atoms with E-state index < -0.39 is 5.92 Å². The van der Waals surface area contributed by atoms with Gasteiger partial charge in [-0.1, -0.05) is 48.0 Å². The Kier molecular flexibility index (Phi) is 7.45. The zero-order valence-corrected chi connectivity index (χ0v) is 19.9. The van der Waals surface area contributed by atoms with Crippen LogP contribution in [0.2, 0.25) is 0 Å². The maximum atomic E-state index is 12.8. The van der Waals surface area contributed by atoms with Crippen molar-refractivity contribution in [2.75, 3.05) is 19.0 Å². The smallest absolute Gasteiger partial charge is 0.251 e. The van der Waals surface area contributed by atoms with Crippen molar-refractivity contribution in [3.8, 4) is 5.75 Å². The number of carbonyl (C=O) groups is 3. The number of carbonyl (C=O) groups excluding carboxylic acids is 3. The van der Waals surface area contributed by atoms with Crippen LogP contribution in [0.15, 0.2) is 72.8 Å². The van der Waals surface area contributed by atoms with Crippen LogP contribution in [0.3, 0.4) is 0 Å². The Balaban J connectivity index is 1.31. The third kappa shape index (κ3) is 6.26. The summed E-state index contributed by atoms with van der Waals surface area (Å²) in [6.07, 6.45) is 0.180. The van der Waals surface area contributed by atoms with E-state index in [9.17, 15) is 14.4 Å². The molecule has 3 aromatic rings. The summed E-state index contributed by atoms with van der Waals surface area (Å²) in [5.74, 6) is -0.165. The van der Waals surface area contributed by atoms with Gasteiger partial charge < -0.3 is 20.3 Å². The van der Waals surface area contributed by atoms with E-state index in [1.165, 1.54) is 0 Å². The van der Waals surface area contributed by atoms with Gasteiger partial charge in [0.05, 0.1) is 13.0 Å². The zero-order valence-electron chi connectivity index (χ0n) is 19.9. The van der Waals surface area contributed by atoms with Gasteiger partial charge in [-0.2, -0.15) is 0 Å². The topological polar surface area (TPSA) is 87.7 Å². The summed E-state index contributed by atoms with van der Waals surface area (Å²) in [7, 11) is 1.61. The number of aryl methyl sites for hydroxylation is 1. The van der Waals surface area contributed by atoms with Crippen LogP contribution < -0.4 is 15.4 Å². The Labute approximate surface area is 205 Å². The Bertz CT molecular complexity index is 1210. The molecule has 0 aromatic heterocycles. The molecule has 1 aliphatic heterocycles. The molecule has 1 fully saturated rings. The van der Waals surface area contributed by atoms with E-state index in [-0.39, 0.29) is 24.1 Å². The van der Waals surface area contributed by atoms with Gasteiger partial charge in [0, 0.05) is 37.3 Å². The summed E-state index contributed by atoms with van der Waals surface area (Å²) in [5, 5.41) is 5.75. The largest absolute Gasteiger partial charge is 0.497 e. The summed E-state index contributed by atoms with van der Waals surface area (Å²) < 4.78 is 5.14. The van der Waals surface area contributed by atoms with Crippen molar-refractivity contribution < 1.29 is 19.1 Å². The molecule has 7 heteroatoms. The molecule has 0 radical (unpaired) electrons. The average molecular weight is 472 g/mol. The number of rotatable bonds is 8. The summed E-state index contributed by atoms with van der Waals surface area (Å²) in [5.41, 5.74) is 4.12. The highest BCUT2D eigenvalue weighted by Gasteiger charge is 2.34. The molecule has 1 aliphatic rings. The van der Waals surface area contributed by atoms with Gasteiger partial charge in [0.25, 0.3) is 5.91 Å². The lowest BCUT2D eigenvalue weighted by molar-refractivity contribution is -0.128. The van der Waals surface area contributed by atoms with Gasteiger partial charge in [-0.3, -0.25) is 14.4 Å². The lowest BCUT2D eigenvalue weighted by Gasteiger charge is -2.17. The summed E-state index contributed by atoms with van der Waals surface area (Å²) in [6, 6.07) is 22.3. The number of benzene rings is 3. The number of hydrogen-bond acceptors (Lipinski definition) is 4. The molecule has 180 valence electrons. The fourth-order valence-corrected chi connectivity index (χ4v) is 4.02. The molecule has 0 saturated carbocycles. The Hall–Kier alpha value is -4.13. The maximum absolute atomic E-state index is 12.8. The fourth-order valence-electron chi connectivity index (χ4n) is 4.02. The molecule has 2 N–H and O–H groups in total. The lowest BCUT2D eigenvalue weighted by atomic mass is 10.1. The van der Waals surface area contributed by atoms with Crippen molar-refractivity contribution >= 4 is 23.4 Å². The number of nitrogens with one attached hydrogen (secondary N) is 2. The number of anilines is 1. The van der Waals surface area contributed by atoms with Gasteiger partial charge in [0.2, 0.25) is 11.8 Å². The van der Waals surface area contributed by atoms with Crippen molar-refractivity contribution in [1.29, 1.82) is 0 Å². The molecule has 3 aromatic carbocycles. The lowest BCUT2D eigenvalue weighted by Crippen LogP contribution is -2.28. The van der Waals surface area contributed by atoms with E-state index >= 15 is 0 Å². The highest BCUT2D eigenvalue weighted by atomic mass is 16.5. The number of likely N-dealkylation sites (tertiary alicyclic amines) is 1. The average Bonchev–Trinajstić information content (AvgIpc) is 3.24. The SMILES string of the molecule is COc1ccc(CNC(=O)c2cccc(NC(=O)C3CC(=O)N(Cc4ccc(C)cc4)C3)c2)cc1. The molecule has 1 saturated heterocycles. The van der Waals surface area contributed by atoms with Gasteiger partial charge in [-0.15, -0.1) is 0 Å². The second-order valence-electron chi connectivity index (χ2n) is 8.76. The molecule has 1 unspecified atom stereocenters. The third-order valence-electron chi connectivity index (χ3n) is 6.08. The molecular weight excluding hydrogens is 442 g/mol. The highest BCUT2D eigenvalue weighted by molar-refractivity contribution is 5.99. The van der Waals surface area contributed by atoms with Gasteiger partial charge in [-0.25, -0.2) is 0 Å². The molecule has 35 heavy (non-hydrogen) atoms. The van der Waals surface area contributed by atoms with Crippen LogP contribution in [0.1, 0.15) is 33.5 Å². The molecule has 7 nitrogen and oxygen atoms in total. The van der Waals surface area contributed by atoms with Gasteiger partial charge in [-0.05, 0) is 48.4 Å². The number of ether oxygens (including phenoxy) is 1. The van der Waals surface area contributed by atoms with E-state index in [0.29, 0.717) is 30.9 Å². The maximum Gasteiger partial charge on any atom is 0.251 e. The van der Waals surface area contributed by atoms with Crippen molar-refractivity contribution in [3.63, 3.8) is 0 Å². The van der Waals surface area contributed by atoms with Crippen LogP contribution in [0.4, 0.5) is 5.69 Å². The molecule has 3 amide bonds. The van der Waals surface area contributed by atoms with Crippen LogP contribution in [0.25, 0.3) is 0 Å². The number of nitrogens with zero attached hydrogens (tertiary/aromatic N) is 1. The molecule has 0 bridgehead atoms. The second-order valence-corrected chi connectivity index (χ2v) is 8.76. The number of methoxy groups -OCH3 is 1. The first-order chi connectivity index (χ1) is 16.9. The standard InChI is InChI=1S/C28H29N3O4/c1-19-6-8-21(9-7-19)17-31-18-23(15-26(31)32)28(34)30-24-5-3-4-22(14-24)27(33)29-16-20-10-12-25(35-2)13-11-20/h3-14,23H,15-18H2,1-2H3,(H,29,33)(H,30,34). The Morgan fingerprint density at radius 3 is 2.43 bits per heavy atom. The number of hydrogen-bond donors (Lipinski definition) is 2. The first kappa shape index (κ1) is 24.0. The van der Waals surface area contributed by atoms with Crippen molar-refractivity contribution in [2.24, 2.45) is 5.92 Å².